The van der Waals surface area contributed by atoms with E-state index in [0.29, 0.717) is 0 Å². The number of aromatic nitrogens is 1. The lowest BCUT2D eigenvalue weighted by Gasteiger charge is -2.02. The predicted octanol–water partition coefficient (Wildman–Crippen LogP) is 7.68. The third kappa shape index (κ3) is 2.63. The van der Waals surface area contributed by atoms with E-state index in [-0.39, 0.29) is 0 Å². The molecule has 0 aliphatic carbocycles. The Bertz CT molecular complexity index is 1550. The molecule has 0 saturated carbocycles. The molecule has 3 heterocycles. The van der Waals surface area contributed by atoms with Crippen LogP contribution in [0.15, 0.2) is 87.8 Å². The Balaban J connectivity index is 1.52. The maximum absolute atomic E-state index is 6.23. The Morgan fingerprint density at radius 2 is 1.50 bits per heavy atom. The average Bonchev–Trinajstić information content (AvgIpc) is 3.34. The molecule has 0 atom stereocenters. The molecule has 0 aliphatic rings. The van der Waals surface area contributed by atoms with Crippen molar-refractivity contribution in [3.05, 3.63) is 90.1 Å². The first-order chi connectivity index (χ1) is 14.7. The Morgan fingerprint density at radius 1 is 0.700 bits per heavy atom. The van der Waals surface area contributed by atoms with Crippen LogP contribution in [-0.4, -0.2) is 4.98 Å². The summed E-state index contributed by atoms with van der Waals surface area (Å²) in [4.78, 5) is 4.72. The lowest BCUT2D eigenvalue weighted by atomic mass is 10.1. The lowest BCUT2D eigenvalue weighted by molar-refractivity contribution is 0.631. The molecule has 3 aromatic carbocycles. The molecular formula is C27H19NO2. The predicted molar refractivity (Wildman–Crippen MR) is 122 cm³/mol. The highest BCUT2D eigenvalue weighted by molar-refractivity contribution is 6.09. The highest BCUT2D eigenvalue weighted by Gasteiger charge is 2.14. The monoisotopic (exact) mass is 389 g/mol. The van der Waals surface area contributed by atoms with Crippen LogP contribution >= 0.6 is 0 Å². The first kappa shape index (κ1) is 17.0. The van der Waals surface area contributed by atoms with E-state index in [4.69, 9.17) is 13.8 Å². The highest BCUT2D eigenvalue weighted by Crippen LogP contribution is 2.36. The Kier molecular flexibility index (Phi) is 3.59. The van der Waals surface area contributed by atoms with E-state index in [1.807, 2.05) is 36.5 Å². The number of nitrogens with zero attached hydrogens (tertiary/aromatic N) is 1. The van der Waals surface area contributed by atoms with Gasteiger partial charge in [-0.15, -0.1) is 0 Å². The van der Waals surface area contributed by atoms with Gasteiger partial charge in [0.25, 0.3) is 0 Å². The highest BCUT2D eigenvalue weighted by atomic mass is 16.3. The molecule has 0 spiro atoms. The summed E-state index contributed by atoms with van der Waals surface area (Å²) in [7, 11) is 0. The van der Waals surface area contributed by atoms with Crippen LogP contribution in [0.2, 0.25) is 0 Å². The van der Waals surface area contributed by atoms with Crippen LogP contribution in [0.1, 0.15) is 11.1 Å². The third-order valence-corrected chi connectivity index (χ3v) is 5.59. The third-order valence-electron chi connectivity index (χ3n) is 5.59. The zero-order chi connectivity index (χ0) is 20.2. The zero-order valence-electron chi connectivity index (χ0n) is 16.8. The Morgan fingerprint density at radius 3 is 2.37 bits per heavy atom. The second-order valence-electron chi connectivity index (χ2n) is 7.87. The molecule has 0 bridgehead atoms. The minimum atomic E-state index is 0.822. The van der Waals surface area contributed by atoms with Crippen LogP contribution in [-0.2, 0) is 0 Å². The molecule has 3 aromatic heterocycles. The van der Waals surface area contributed by atoms with Gasteiger partial charge in [-0.25, -0.2) is 0 Å². The molecule has 0 aliphatic heterocycles. The van der Waals surface area contributed by atoms with Crippen molar-refractivity contribution in [2.45, 2.75) is 13.8 Å². The van der Waals surface area contributed by atoms with E-state index >= 15 is 0 Å². The number of hydrogen-bond donors (Lipinski definition) is 0. The Hall–Kier alpha value is -3.85. The fourth-order valence-electron chi connectivity index (χ4n) is 4.29. The lowest BCUT2D eigenvalue weighted by Crippen LogP contribution is -1.83. The molecule has 0 unspecified atom stereocenters. The molecule has 0 radical (unpaired) electrons. The van der Waals surface area contributed by atoms with Gasteiger partial charge in [-0.3, -0.25) is 4.98 Å². The molecule has 6 aromatic rings. The van der Waals surface area contributed by atoms with Gasteiger partial charge in [0.1, 0.15) is 22.5 Å². The number of para-hydroxylation sites is 2. The van der Waals surface area contributed by atoms with Gasteiger partial charge in [0.05, 0.1) is 5.69 Å². The van der Waals surface area contributed by atoms with Gasteiger partial charge in [-0.2, -0.15) is 0 Å². The number of furan rings is 2. The number of benzene rings is 3. The largest absolute Gasteiger partial charge is 0.456 e. The maximum atomic E-state index is 6.23. The Labute approximate surface area is 173 Å². The van der Waals surface area contributed by atoms with Crippen LogP contribution in [0.5, 0.6) is 0 Å². The van der Waals surface area contributed by atoms with Gasteiger partial charge in [-0.05, 0) is 44.2 Å². The summed E-state index contributed by atoms with van der Waals surface area (Å²) in [6.07, 6.45) is 1.88. The smallest absolute Gasteiger partial charge is 0.144 e. The number of pyridine rings is 1. The number of aryl methyl sites for hydroxylation is 2. The van der Waals surface area contributed by atoms with Gasteiger partial charge in [0, 0.05) is 39.5 Å². The van der Waals surface area contributed by atoms with Crippen LogP contribution in [0, 0.1) is 13.8 Å². The topological polar surface area (TPSA) is 39.2 Å². The van der Waals surface area contributed by atoms with E-state index in [9.17, 15) is 0 Å². The standard InChI is InChI=1S/C27H19NO2/c1-16-10-17(2)12-18(11-16)25-13-19-15-28-23(14-26(19)29-25)22-8-5-7-21-20-6-3-4-9-24(20)30-27(21)22/h3-15H,1-2H3. The van der Waals surface area contributed by atoms with Gasteiger partial charge >= 0.3 is 0 Å². The SMILES string of the molecule is Cc1cc(C)cc(-c2cc3cnc(-c4cccc5c4oc4ccccc45)cc3o2)c1. The summed E-state index contributed by atoms with van der Waals surface area (Å²) in [5.74, 6) is 0.859. The fourth-order valence-corrected chi connectivity index (χ4v) is 4.29. The molecule has 6 rings (SSSR count). The summed E-state index contributed by atoms with van der Waals surface area (Å²) in [5, 5.41) is 3.20. The quantitative estimate of drug-likeness (QED) is 0.305. The van der Waals surface area contributed by atoms with Crippen molar-refractivity contribution in [3.8, 4) is 22.6 Å². The fraction of sp³-hybridized carbons (Fsp3) is 0.0741. The van der Waals surface area contributed by atoms with Crippen molar-refractivity contribution in [1.82, 2.24) is 4.98 Å². The minimum Gasteiger partial charge on any atom is -0.456 e. The first-order valence-electron chi connectivity index (χ1n) is 10.0. The molecule has 3 nitrogen and oxygen atoms in total. The van der Waals surface area contributed by atoms with Crippen molar-refractivity contribution in [3.63, 3.8) is 0 Å². The minimum absolute atomic E-state index is 0.822. The number of rotatable bonds is 2. The van der Waals surface area contributed by atoms with Crippen molar-refractivity contribution < 1.29 is 8.83 Å². The second-order valence-corrected chi connectivity index (χ2v) is 7.87. The van der Waals surface area contributed by atoms with Gasteiger partial charge in [0.2, 0.25) is 0 Å². The van der Waals surface area contributed by atoms with Crippen LogP contribution in [0.4, 0.5) is 0 Å². The normalized spacial score (nSPS) is 11.7. The van der Waals surface area contributed by atoms with E-state index in [1.54, 1.807) is 0 Å². The molecule has 3 heteroatoms. The average molecular weight is 389 g/mol. The summed E-state index contributed by atoms with van der Waals surface area (Å²) in [6.45, 7) is 4.21. The van der Waals surface area contributed by atoms with E-state index < -0.39 is 0 Å². The molecule has 144 valence electrons. The van der Waals surface area contributed by atoms with Crippen LogP contribution in [0.25, 0.3) is 55.5 Å². The molecular weight excluding hydrogens is 370 g/mol. The number of fused-ring (bicyclic) bond motifs is 4. The summed E-state index contributed by atoms with van der Waals surface area (Å²) in [5.41, 5.74) is 7.90. The second kappa shape index (κ2) is 6.33. The van der Waals surface area contributed by atoms with Crippen LogP contribution in [0.3, 0.4) is 0 Å². The summed E-state index contributed by atoms with van der Waals surface area (Å²) < 4.78 is 12.4. The summed E-state index contributed by atoms with van der Waals surface area (Å²) in [6, 6.07) is 24.8. The van der Waals surface area contributed by atoms with E-state index in [1.165, 1.54) is 11.1 Å². The molecule has 0 N–H and O–H groups in total. The maximum Gasteiger partial charge on any atom is 0.144 e. The zero-order valence-corrected chi connectivity index (χ0v) is 16.8. The summed E-state index contributed by atoms with van der Waals surface area (Å²) >= 11 is 0. The van der Waals surface area contributed by atoms with Crippen LogP contribution < -0.4 is 0 Å². The van der Waals surface area contributed by atoms with E-state index in [0.717, 1.165) is 55.5 Å². The van der Waals surface area contributed by atoms with Crippen molar-refractivity contribution in [2.75, 3.05) is 0 Å². The molecule has 0 saturated heterocycles. The van der Waals surface area contributed by atoms with Gasteiger partial charge in [-0.1, -0.05) is 47.5 Å². The molecule has 30 heavy (non-hydrogen) atoms. The van der Waals surface area contributed by atoms with Crippen molar-refractivity contribution >= 4 is 32.9 Å². The van der Waals surface area contributed by atoms with Crippen molar-refractivity contribution in [2.24, 2.45) is 0 Å². The van der Waals surface area contributed by atoms with Gasteiger partial charge in [0.15, 0.2) is 0 Å². The first-order valence-corrected chi connectivity index (χ1v) is 10.0. The van der Waals surface area contributed by atoms with Crippen molar-refractivity contribution in [1.29, 1.82) is 0 Å². The van der Waals surface area contributed by atoms with E-state index in [2.05, 4.69) is 56.3 Å². The van der Waals surface area contributed by atoms with Gasteiger partial charge < -0.3 is 8.83 Å². The molecule has 0 amide bonds. The molecule has 0 fully saturated rings. The number of hydrogen-bond acceptors (Lipinski definition) is 3.